The molecule has 102 valence electrons. The summed E-state index contributed by atoms with van der Waals surface area (Å²) in [5.41, 5.74) is 0.919. The topological polar surface area (TPSA) is 60.7 Å². The van der Waals surface area contributed by atoms with Gasteiger partial charge in [0.25, 0.3) is 5.56 Å². The third-order valence-electron chi connectivity index (χ3n) is 3.11. The molecule has 3 aromatic rings. The number of rotatable bonds is 2. The highest BCUT2D eigenvalue weighted by Crippen LogP contribution is 2.32. The number of halogens is 1. The molecule has 7 heteroatoms. The summed E-state index contributed by atoms with van der Waals surface area (Å²) in [6.45, 7) is 4.25. The summed E-state index contributed by atoms with van der Waals surface area (Å²) < 4.78 is 1.31. The molecule has 3 aromatic heterocycles. The van der Waals surface area contributed by atoms with Gasteiger partial charge in [-0.05, 0) is 25.5 Å². The largest absolute Gasteiger partial charge is 0.268 e. The van der Waals surface area contributed by atoms with Gasteiger partial charge in [-0.25, -0.2) is 14.6 Å². The lowest BCUT2D eigenvalue weighted by Gasteiger charge is -2.04. The van der Waals surface area contributed by atoms with Crippen LogP contribution in [0, 0.1) is 13.8 Å². The quantitative estimate of drug-likeness (QED) is 0.683. The lowest BCUT2D eigenvalue weighted by atomic mass is 10.2. The zero-order chi connectivity index (χ0) is 14.3. The number of thiophene rings is 1. The van der Waals surface area contributed by atoms with Crippen molar-refractivity contribution >= 4 is 33.2 Å². The summed E-state index contributed by atoms with van der Waals surface area (Å²) in [7, 11) is 0. The number of aryl methyl sites for hydroxylation is 2. The van der Waals surface area contributed by atoms with Crippen molar-refractivity contribution < 1.29 is 0 Å². The van der Waals surface area contributed by atoms with Crippen LogP contribution in [0.1, 0.15) is 16.3 Å². The fraction of sp³-hybridized carbons (Fsp3) is 0.231. The fourth-order valence-electron chi connectivity index (χ4n) is 1.95. The van der Waals surface area contributed by atoms with Gasteiger partial charge in [0.2, 0.25) is 0 Å². The van der Waals surface area contributed by atoms with Crippen LogP contribution in [0.15, 0.2) is 23.1 Å². The minimum absolute atomic E-state index is 0.189. The average molecular weight is 307 g/mol. The van der Waals surface area contributed by atoms with Crippen LogP contribution in [0.5, 0.6) is 0 Å². The molecule has 0 atom stereocenters. The van der Waals surface area contributed by atoms with E-state index in [2.05, 4.69) is 15.1 Å². The number of aromatic nitrogens is 4. The van der Waals surface area contributed by atoms with E-state index in [1.165, 1.54) is 15.6 Å². The van der Waals surface area contributed by atoms with E-state index in [1.54, 1.807) is 23.6 Å². The molecule has 0 saturated heterocycles. The molecule has 0 spiro atoms. The van der Waals surface area contributed by atoms with Gasteiger partial charge in [-0.2, -0.15) is 5.10 Å². The molecule has 5 nitrogen and oxygen atoms in total. The van der Waals surface area contributed by atoms with Gasteiger partial charge >= 0.3 is 0 Å². The van der Waals surface area contributed by atoms with E-state index in [9.17, 15) is 4.79 Å². The molecule has 0 aliphatic carbocycles. The van der Waals surface area contributed by atoms with Crippen molar-refractivity contribution in [3.63, 3.8) is 0 Å². The molecule has 0 fully saturated rings. The Bertz CT molecular complexity index is 855. The van der Waals surface area contributed by atoms with Crippen LogP contribution in [0.4, 0.5) is 0 Å². The van der Waals surface area contributed by atoms with Crippen molar-refractivity contribution in [1.82, 2.24) is 19.7 Å². The maximum atomic E-state index is 11.6. The summed E-state index contributed by atoms with van der Waals surface area (Å²) in [4.78, 5) is 22.4. The first kappa shape index (κ1) is 13.2. The minimum atomic E-state index is -0.189. The van der Waals surface area contributed by atoms with Gasteiger partial charge in [0.1, 0.15) is 16.5 Å². The van der Waals surface area contributed by atoms with Crippen molar-refractivity contribution in [3.8, 4) is 0 Å². The number of hydrogen-bond acceptors (Lipinski definition) is 5. The predicted molar refractivity (Wildman–Crippen MR) is 79.5 cm³/mol. The number of nitrogens with zero attached hydrogens (tertiary/aromatic N) is 4. The first-order valence-electron chi connectivity index (χ1n) is 6.00. The molecule has 3 rings (SSSR count). The Morgan fingerprint density at radius 1 is 1.35 bits per heavy atom. The van der Waals surface area contributed by atoms with E-state index in [-0.39, 0.29) is 12.1 Å². The fourth-order valence-corrected chi connectivity index (χ4v) is 3.39. The van der Waals surface area contributed by atoms with Crippen LogP contribution < -0.4 is 5.56 Å². The summed E-state index contributed by atoms with van der Waals surface area (Å²) in [6, 6.07) is 3.05. The highest BCUT2D eigenvalue weighted by Gasteiger charge is 2.13. The van der Waals surface area contributed by atoms with Gasteiger partial charge in [0, 0.05) is 17.1 Å². The van der Waals surface area contributed by atoms with Crippen molar-refractivity contribution in [2.75, 3.05) is 0 Å². The second-order valence-corrected chi connectivity index (χ2v) is 5.97. The monoisotopic (exact) mass is 306 g/mol. The highest BCUT2D eigenvalue weighted by molar-refractivity contribution is 7.18. The normalized spacial score (nSPS) is 11.2. The van der Waals surface area contributed by atoms with Crippen LogP contribution in [0.2, 0.25) is 5.15 Å². The van der Waals surface area contributed by atoms with Crippen molar-refractivity contribution in [2.24, 2.45) is 0 Å². The molecule has 20 heavy (non-hydrogen) atoms. The smallest absolute Gasteiger partial charge is 0.267 e. The molecule has 0 amide bonds. The van der Waals surface area contributed by atoms with Crippen LogP contribution in [-0.4, -0.2) is 19.7 Å². The van der Waals surface area contributed by atoms with E-state index < -0.39 is 0 Å². The Morgan fingerprint density at radius 3 is 2.90 bits per heavy atom. The van der Waals surface area contributed by atoms with Gasteiger partial charge in [0.05, 0.1) is 5.39 Å². The molecule has 0 aliphatic rings. The molecule has 0 aliphatic heterocycles. The summed E-state index contributed by atoms with van der Waals surface area (Å²) in [5.74, 6) is 0.490. The zero-order valence-corrected chi connectivity index (χ0v) is 12.5. The van der Waals surface area contributed by atoms with E-state index >= 15 is 0 Å². The van der Waals surface area contributed by atoms with E-state index in [0.717, 1.165) is 15.8 Å². The highest BCUT2D eigenvalue weighted by atomic mass is 35.5. The van der Waals surface area contributed by atoms with Gasteiger partial charge in [0.15, 0.2) is 5.82 Å². The number of fused-ring (bicyclic) bond motifs is 1. The lowest BCUT2D eigenvalue weighted by molar-refractivity contribution is 0.616. The Labute approximate surface area is 123 Å². The van der Waals surface area contributed by atoms with E-state index in [0.29, 0.717) is 11.0 Å². The van der Waals surface area contributed by atoms with Gasteiger partial charge in [-0.1, -0.05) is 11.6 Å². The third kappa shape index (κ3) is 2.21. The summed E-state index contributed by atoms with van der Waals surface area (Å²) >= 11 is 7.81. The van der Waals surface area contributed by atoms with Crippen LogP contribution in [0.25, 0.3) is 10.2 Å². The molecule has 0 aromatic carbocycles. The van der Waals surface area contributed by atoms with Crippen LogP contribution >= 0.6 is 22.9 Å². The molecular weight excluding hydrogens is 296 g/mol. The zero-order valence-electron chi connectivity index (χ0n) is 10.9. The van der Waals surface area contributed by atoms with Gasteiger partial charge < -0.3 is 0 Å². The van der Waals surface area contributed by atoms with Crippen molar-refractivity contribution in [2.45, 2.75) is 20.4 Å². The third-order valence-corrected chi connectivity index (χ3v) is 4.48. The van der Waals surface area contributed by atoms with Crippen LogP contribution in [-0.2, 0) is 6.54 Å². The van der Waals surface area contributed by atoms with Gasteiger partial charge in [-0.3, -0.25) is 4.79 Å². The van der Waals surface area contributed by atoms with Crippen LogP contribution in [0.3, 0.4) is 0 Å². The summed E-state index contributed by atoms with van der Waals surface area (Å²) in [5, 5.41) is 5.31. The van der Waals surface area contributed by atoms with E-state index in [4.69, 9.17) is 11.6 Å². The predicted octanol–water partition coefficient (Wildman–Crippen LogP) is 2.57. The Morgan fingerprint density at radius 2 is 2.15 bits per heavy atom. The molecule has 0 saturated carbocycles. The Kier molecular flexibility index (Phi) is 3.27. The van der Waals surface area contributed by atoms with Crippen molar-refractivity contribution in [1.29, 1.82) is 0 Å². The maximum Gasteiger partial charge on any atom is 0.267 e. The molecule has 3 heterocycles. The summed E-state index contributed by atoms with van der Waals surface area (Å²) in [6.07, 6.45) is 1.56. The van der Waals surface area contributed by atoms with E-state index in [1.807, 2.05) is 13.8 Å². The molecule has 0 radical (unpaired) electrons. The first-order chi connectivity index (χ1) is 9.56. The standard InChI is InChI=1S/C13H11ClN4OS/c1-7-8(2)20-13-11(7)12(14)16-9(17-13)6-18-10(19)4-3-5-15-18/h3-5H,6H2,1-2H3. The lowest BCUT2D eigenvalue weighted by Crippen LogP contribution is -2.22. The second kappa shape index (κ2) is 4.96. The molecule has 0 unspecified atom stereocenters. The molecule has 0 N–H and O–H groups in total. The SMILES string of the molecule is Cc1sc2nc(Cn3ncccc3=O)nc(Cl)c2c1C. The minimum Gasteiger partial charge on any atom is -0.268 e. The Balaban J connectivity index is 2.10. The second-order valence-electron chi connectivity index (χ2n) is 4.41. The first-order valence-corrected chi connectivity index (χ1v) is 7.20. The van der Waals surface area contributed by atoms with Gasteiger partial charge in [-0.15, -0.1) is 11.3 Å². The van der Waals surface area contributed by atoms with Crippen molar-refractivity contribution in [3.05, 3.63) is 50.1 Å². The number of hydrogen-bond donors (Lipinski definition) is 0. The Hall–Kier alpha value is -1.79. The molecular formula is C13H11ClN4OS. The maximum absolute atomic E-state index is 11.6. The average Bonchev–Trinajstić information content (AvgIpc) is 2.68. The molecule has 0 bridgehead atoms.